The Bertz CT molecular complexity index is 204. The molecule has 66 valence electrons. The van der Waals surface area contributed by atoms with Gasteiger partial charge in [-0.15, -0.1) is 0 Å². The van der Waals surface area contributed by atoms with E-state index in [9.17, 15) is 4.79 Å². The second kappa shape index (κ2) is 4.75. The molecule has 0 N–H and O–H groups in total. The van der Waals surface area contributed by atoms with Gasteiger partial charge in [-0.3, -0.25) is 0 Å². The molecule has 0 amide bonds. The van der Waals surface area contributed by atoms with Crippen LogP contribution in [0.2, 0.25) is 0 Å². The predicted molar refractivity (Wildman–Crippen MR) is 47.7 cm³/mol. The molecule has 0 radical (unpaired) electrons. The lowest BCUT2D eigenvalue weighted by atomic mass is 10.1. The fraction of sp³-hybridized carbons (Fsp3) is 0.500. The lowest BCUT2D eigenvalue weighted by Gasteiger charge is -2.12. The van der Waals surface area contributed by atoms with Crippen LogP contribution < -0.4 is 0 Å². The largest absolute Gasteiger partial charge is 0.459 e. The number of hydrogen-bond acceptors (Lipinski definition) is 2. The van der Waals surface area contributed by atoms with Gasteiger partial charge >= 0.3 is 5.97 Å². The van der Waals surface area contributed by atoms with Crippen molar-refractivity contribution in [3.8, 4) is 0 Å². The Kier molecular flexibility index (Phi) is 3.58. The molecule has 0 saturated carbocycles. The number of allylic oxidation sites excluding steroid dienone is 3. The first-order valence-electron chi connectivity index (χ1n) is 4.36. The molecule has 2 nitrogen and oxygen atoms in total. The highest BCUT2D eigenvalue weighted by atomic mass is 16.5. The van der Waals surface area contributed by atoms with Crippen LogP contribution in [-0.2, 0) is 9.53 Å². The van der Waals surface area contributed by atoms with Crippen molar-refractivity contribution in [1.82, 2.24) is 0 Å². The SMILES string of the molecule is CCC1CC/C=C\C=C/C(=O)O1. The minimum Gasteiger partial charge on any atom is -0.459 e. The van der Waals surface area contributed by atoms with Crippen LogP contribution in [0.25, 0.3) is 0 Å². The van der Waals surface area contributed by atoms with Gasteiger partial charge in [0.25, 0.3) is 0 Å². The number of carbonyl (C=O) groups is 1. The number of ether oxygens (including phenoxy) is 1. The molecule has 1 atom stereocenters. The molecule has 0 saturated heterocycles. The van der Waals surface area contributed by atoms with Crippen LogP contribution in [0.3, 0.4) is 0 Å². The standard InChI is InChI=1S/C10H14O2/c1-2-9-7-5-3-4-6-8-10(11)12-9/h3-4,6,8-9H,2,5,7H2,1H3/b4-3-,8-6-. The van der Waals surface area contributed by atoms with E-state index in [2.05, 4.69) is 6.08 Å². The highest BCUT2D eigenvalue weighted by Crippen LogP contribution is 2.09. The van der Waals surface area contributed by atoms with E-state index < -0.39 is 0 Å². The number of hydrogen-bond donors (Lipinski definition) is 0. The molecule has 0 spiro atoms. The fourth-order valence-electron chi connectivity index (χ4n) is 1.14. The van der Waals surface area contributed by atoms with Crippen LogP contribution >= 0.6 is 0 Å². The first kappa shape index (κ1) is 9.04. The molecule has 2 heteroatoms. The molecule has 0 aromatic rings. The van der Waals surface area contributed by atoms with Crippen LogP contribution in [-0.4, -0.2) is 12.1 Å². The quantitative estimate of drug-likeness (QED) is 0.558. The average Bonchev–Trinajstić information content (AvgIpc) is 2.16. The average molecular weight is 166 g/mol. The molecule has 0 bridgehead atoms. The van der Waals surface area contributed by atoms with Crippen molar-refractivity contribution in [2.45, 2.75) is 32.3 Å². The van der Waals surface area contributed by atoms with Gasteiger partial charge in [0.15, 0.2) is 0 Å². The van der Waals surface area contributed by atoms with Gasteiger partial charge in [-0.05, 0) is 19.3 Å². The molecule has 0 aliphatic carbocycles. The van der Waals surface area contributed by atoms with Crippen molar-refractivity contribution in [3.05, 3.63) is 24.3 Å². The Balaban J connectivity index is 2.56. The fourth-order valence-corrected chi connectivity index (χ4v) is 1.14. The zero-order valence-electron chi connectivity index (χ0n) is 7.32. The Labute approximate surface area is 72.9 Å². The third-order valence-corrected chi connectivity index (χ3v) is 1.87. The summed E-state index contributed by atoms with van der Waals surface area (Å²) in [5.41, 5.74) is 0. The summed E-state index contributed by atoms with van der Waals surface area (Å²) in [6.07, 6.45) is 10.0. The van der Waals surface area contributed by atoms with Crippen molar-refractivity contribution >= 4 is 5.97 Å². The van der Waals surface area contributed by atoms with Crippen LogP contribution in [0.1, 0.15) is 26.2 Å². The summed E-state index contributed by atoms with van der Waals surface area (Å²) in [6.45, 7) is 2.03. The van der Waals surface area contributed by atoms with Crippen molar-refractivity contribution in [1.29, 1.82) is 0 Å². The Hall–Kier alpha value is -1.05. The Morgan fingerprint density at radius 1 is 1.58 bits per heavy atom. The van der Waals surface area contributed by atoms with Gasteiger partial charge in [0, 0.05) is 6.08 Å². The molecule has 12 heavy (non-hydrogen) atoms. The number of carbonyl (C=O) groups excluding carboxylic acids is 1. The molecule has 1 aliphatic heterocycles. The van der Waals surface area contributed by atoms with Crippen molar-refractivity contribution < 1.29 is 9.53 Å². The second-order valence-corrected chi connectivity index (χ2v) is 2.83. The molecule has 1 aliphatic rings. The van der Waals surface area contributed by atoms with Gasteiger partial charge in [-0.2, -0.15) is 0 Å². The maximum atomic E-state index is 11.0. The third-order valence-electron chi connectivity index (χ3n) is 1.87. The van der Waals surface area contributed by atoms with Gasteiger partial charge in [-0.1, -0.05) is 25.2 Å². The van der Waals surface area contributed by atoms with Crippen molar-refractivity contribution in [3.63, 3.8) is 0 Å². The topological polar surface area (TPSA) is 26.3 Å². The summed E-state index contributed by atoms with van der Waals surface area (Å²) in [7, 11) is 0. The van der Waals surface area contributed by atoms with E-state index in [0.29, 0.717) is 0 Å². The van der Waals surface area contributed by atoms with Crippen molar-refractivity contribution in [2.24, 2.45) is 0 Å². The predicted octanol–water partition coefficient (Wildman–Crippen LogP) is 2.21. The summed E-state index contributed by atoms with van der Waals surface area (Å²) >= 11 is 0. The second-order valence-electron chi connectivity index (χ2n) is 2.83. The summed E-state index contributed by atoms with van der Waals surface area (Å²) in [5, 5.41) is 0. The lowest BCUT2D eigenvalue weighted by Crippen LogP contribution is -2.15. The van der Waals surface area contributed by atoms with Gasteiger partial charge in [-0.25, -0.2) is 4.79 Å². The Morgan fingerprint density at radius 3 is 3.17 bits per heavy atom. The zero-order chi connectivity index (χ0) is 8.81. The third kappa shape index (κ3) is 2.91. The van der Waals surface area contributed by atoms with Crippen molar-refractivity contribution in [2.75, 3.05) is 0 Å². The molecule has 0 aromatic carbocycles. The maximum Gasteiger partial charge on any atom is 0.331 e. The van der Waals surface area contributed by atoms with E-state index in [1.54, 1.807) is 6.08 Å². The minimum atomic E-state index is -0.228. The number of esters is 1. The summed E-state index contributed by atoms with van der Waals surface area (Å²) in [6, 6.07) is 0. The van der Waals surface area contributed by atoms with E-state index in [1.807, 2.05) is 13.0 Å². The first-order chi connectivity index (χ1) is 5.83. The van der Waals surface area contributed by atoms with Gasteiger partial charge in [0.05, 0.1) is 0 Å². The monoisotopic (exact) mass is 166 g/mol. The molecule has 1 heterocycles. The molecule has 0 fully saturated rings. The molecule has 1 unspecified atom stereocenters. The van der Waals surface area contributed by atoms with E-state index in [4.69, 9.17) is 4.74 Å². The highest BCUT2D eigenvalue weighted by Gasteiger charge is 2.09. The van der Waals surface area contributed by atoms with Crippen LogP contribution in [0.4, 0.5) is 0 Å². The summed E-state index contributed by atoms with van der Waals surface area (Å²) < 4.78 is 5.15. The maximum absolute atomic E-state index is 11.0. The van der Waals surface area contributed by atoms with Gasteiger partial charge in [0.1, 0.15) is 6.10 Å². The number of rotatable bonds is 1. The molecular formula is C10H14O2. The zero-order valence-corrected chi connectivity index (χ0v) is 7.32. The lowest BCUT2D eigenvalue weighted by molar-refractivity contribution is -0.143. The van der Waals surface area contributed by atoms with E-state index in [-0.39, 0.29) is 12.1 Å². The highest BCUT2D eigenvalue weighted by molar-refractivity contribution is 5.82. The van der Waals surface area contributed by atoms with E-state index >= 15 is 0 Å². The molecular weight excluding hydrogens is 152 g/mol. The van der Waals surface area contributed by atoms with Crippen LogP contribution in [0, 0.1) is 0 Å². The summed E-state index contributed by atoms with van der Waals surface area (Å²) in [5.74, 6) is -0.228. The van der Waals surface area contributed by atoms with Gasteiger partial charge in [0.2, 0.25) is 0 Å². The van der Waals surface area contributed by atoms with E-state index in [1.165, 1.54) is 6.08 Å². The van der Waals surface area contributed by atoms with E-state index in [0.717, 1.165) is 19.3 Å². The minimum absolute atomic E-state index is 0.0879. The Morgan fingerprint density at radius 2 is 2.42 bits per heavy atom. The number of cyclic esters (lactones) is 1. The summed E-state index contributed by atoms with van der Waals surface area (Å²) in [4.78, 5) is 11.0. The normalized spacial score (nSPS) is 29.4. The van der Waals surface area contributed by atoms with Crippen LogP contribution in [0.5, 0.6) is 0 Å². The van der Waals surface area contributed by atoms with Gasteiger partial charge < -0.3 is 4.74 Å². The van der Waals surface area contributed by atoms with Crippen LogP contribution in [0.15, 0.2) is 24.3 Å². The molecule has 1 rings (SSSR count). The first-order valence-corrected chi connectivity index (χ1v) is 4.36. The smallest absolute Gasteiger partial charge is 0.331 e. The molecule has 0 aromatic heterocycles.